The summed E-state index contributed by atoms with van der Waals surface area (Å²) in [5.74, 6) is -1.70. The fourth-order valence-electron chi connectivity index (χ4n) is 3.11. The van der Waals surface area contributed by atoms with Gasteiger partial charge in [0.2, 0.25) is 5.91 Å². The minimum absolute atomic E-state index is 0.203. The first-order valence-corrected chi connectivity index (χ1v) is 9.80. The van der Waals surface area contributed by atoms with Gasteiger partial charge in [0.15, 0.2) is 12.3 Å². The predicted molar refractivity (Wildman–Crippen MR) is 116 cm³/mol. The maximum atomic E-state index is 12.4. The predicted octanol–water partition coefficient (Wildman–Crippen LogP) is 0.387. The Morgan fingerprint density at radius 2 is 1.88 bits per heavy atom. The summed E-state index contributed by atoms with van der Waals surface area (Å²) in [5, 5.41) is 7.02. The highest BCUT2D eigenvalue weighted by Gasteiger charge is 2.17. The molecule has 0 unspecified atom stereocenters. The van der Waals surface area contributed by atoms with Gasteiger partial charge in [0, 0.05) is 19.8 Å². The van der Waals surface area contributed by atoms with Crippen molar-refractivity contribution in [3.8, 4) is 0 Å². The number of nitrogens with zero attached hydrogens (tertiary/aromatic N) is 5. The number of esters is 1. The van der Waals surface area contributed by atoms with E-state index in [1.165, 1.54) is 24.3 Å². The molecule has 0 atom stereocenters. The number of carbonyl (C=O) groups excluding carboxylic acids is 3. The fraction of sp³-hybridized carbons (Fsp3) is 0.333. The SMILES string of the molecule is Cc1cccc(C)c1NC(=O)CN(C)C(=O)COC(=O)Cn1cnc2c(cnn2C)c1=O. The van der Waals surface area contributed by atoms with Gasteiger partial charge < -0.3 is 15.0 Å². The smallest absolute Gasteiger partial charge is 0.326 e. The Kier molecular flexibility index (Phi) is 6.67. The van der Waals surface area contributed by atoms with Crippen molar-refractivity contribution in [1.29, 1.82) is 0 Å². The topological polar surface area (TPSA) is 128 Å². The molecule has 3 aromatic rings. The van der Waals surface area contributed by atoms with Gasteiger partial charge in [-0.15, -0.1) is 0 Å². The average molecular weight is 440 g/mol. The van der Waals surface area contributed by atoms with Crippen LogP contribution in [0.4, 0.5) is 5.69 Å². The Morgan fingerprint density at radius 1 is 1.19 bits per heavy atom. The minimum Gasteiger partial charge on any atom is -0.454 e. The number of fused-ring (bicyclic) bond motifs is 1. The average Bonchev–Trinajstić information content (AvgIpc) is 3.12. The molecule has 0 spiro atoms. The summed E-state index contributed by atoms with van der Waals surface area (Å²) in [6.45, 7) is 2.60. The van der Waals surface area contributed by atoms with Crippen LogP contribution in [0.2, 0.25) is 0 Å². The second-order valence-corrected chi connectivity index (χ2v) is 7.41. The van der Waals surface area contributed by atoms with Gasteiger partial charge in [-0.05, 0) is 25.0 Å². The van der Waals surface area contributed by atoms with E-state index in [9.17, 15) is 19.2 Å². The van der Waals surface area contributed by atoms with Crippen LogP contribution >= 0.6 is 0 Å². The van der Waals surface area contributed by atoms with Crippen molar-refractivity contribution in [3.63, 3.8) is 0 Å². The molecule has 0 aliphatic rings. The molecule has 2 amide bonds. The lowest BCUT2D eigenvalue weighted by Gasteiger charge is -2.18. The van der Waals surface area contributed by atoms with Gasteiger partial charge >= 0.3 is 5.97 Å². The zero-order chi connectivity index (χ0) is 23.4. The maximum Gasteiger partial charge on any atom is 0.326 e. The summed E-state index contributed by atoms with van der Waals surface area (Å²) in [6, 6.07) is 5.65. The molecule has 0 bridgehead atoms. The molecule has 0 fully saturated rings. The van der Waals surface area contributed by atoms with Gasteiger partial charge in [-0.2, -0.15) is 5.10 Å². The lowest BCUT2D eigenvalue weighted by molar-refractivity contribution is -0.152. The van der Waals surface area contributed by atoms with Gasteiger partial charge in [0.1, 0.15) is 18.3 Å². The van der Waals surface area contributed by atoms with E-state index in [-0.39, 0.29) is 17.8 Å². The molecule has 11 nitrogen and oxygen atoms in total. The number of ether oxygens (including phenoxy) is 1. The summed E-state index contributed by atoms with van der Waals surface area (Å²) >= 11 is 0. The number of aromatic nitrogens is 4. The Hall–Kier alpha value is -4.02. The van der Waals surface area contributed by atoms with Gasteiger partial charge in [-0.3, -0.25) is 28.4 Å². The van der Waals surface area contributed by atoms with Crippen molar-refractivity contribution in [1.82, 2.24) is 24.2 Å². The second-order valence-electron chi connectivity index (χ2n) is 7.41. The number of rotatable bonds is 7. The van der Waals surface area contributed by atoms with E-state index in [1.807, 2.05) is 32.0 Å². The highest BCUT2D eigenvalue weighted by Crippen LogP contribution is 2.19. The number of anilines is 1. The van der Waals surface area contributed by atoms with E-state index in [2.05, 4.69) is 15.4 Å². The highest BCUT2D eigenvalue weighted by atomic mass is 16.5. The van der Waals surface area contributed by atoms with Crippen molar-refractivity contribution in [2.75, 3.05) is 25.5 Å². The van der Waals surface area contributed by atoms with E-state index in [1.54, 1.807) is 7.05 Å². The molecule has 11 heteroatoms. The molecular weight excluding hydrogens is 416 g/mol. The van der Waals surface area contributed by atoms with Crippen LogP contribution in [0.1, 0.15) is 11.1 Å². The van der Waals surface area contributed by atoms with E-state index in [0.717, 1.165) is 20.6 Å². The van der Waals surface area contributed by atoms with Crippen molar-refractivity contribution in [3.05, 3.63) is 52.2 Å². The lowest BCUT2D eigenvalue weighted by Crippen LogP contribution is -2.38. The van der Waals surface area contributed by atoms with Crippen molar-refractivity contribution < 1.29 is 19.1 Å². The maximum absolute atomic E-state index is 12.4. The molecule has 0 aliphatic carbocycles. The highest BCUT2D eigenvalue weighted by molar-refractivity contribution is 5.96. The van der Waals surface area contributed by atoms with Crippen LogP contribution in [0.3, 0.4) is 0 Å². The normalized spacial score (nSPS) is 10.8. The van der Waals surface area contributed by atoms with Gasteiger partial charge in [-0.25, -0.2) is 4.98 Å². The zero-order valence-corrected chi connectivity index (χ0v) is 18.3. The fourth-order valence-corrected chi connectivity index (χ4v) is 3.11. The third-order valence-electron chi connectivity index (χ3n) is 4.93. The summed E-state index contributed by atoms with van der Waals surface area (Å²) in [6.07, 6.45) is 2.59. The molecule has 1 aromatic carbocycles. The Morgan fingerprint density at radius 3 is 2.56 bits per heavy atom. The monoisotopic (exact) mass is 440 g/mol. The summed E-state index contributed by atoms with van der Waals surface area (Å²) < 4.78 is 7.50. The van der Waals surface area contributed by atoms with Crippen molar-refractivity contribution in [2.24, 2.45) is 7.05 Å². The minimum atomic E-state index is -0.779. The van der Waals surface area contributed by atoms with Crippen LogP contribution in [-0.4, -0.2) is 62.2 Å². The molecule has 3 rings (SSSR count). The number of aryl methyl sites for hydroxylation is 3. The first-order chi connectivity index (χ1) is 15.2. The molecule has 0 radical (unpaired) electrons. The van der Waals surface area contributed by atoms with E-state index >= 15 is 0 Å². The molecule has 2 aromatic heterocycles. The standard InChI is InChI=1S/C21H24N6O5/c1-13-6-5-7-14(2)19(13)24-16(28)9-25(3)17(29)11-32-18(30)10-27-12-22-20-15(21(27)31)8-23-26(20)4/h5-8,12H,9-11H2,1-4H3,(H,24,28). The number of hydrogen-bond donors (Lipinski definition) is 1. The van der Waals surface area contributed by atoms with Crippen LogP contribution < -0.4 is 10.9 Å². The summed E-state index contributed by atoms with van der Waals surface area (Å²) in [7, 11) is 3.09. The largest absolute Gasteiger partial charge is 0.454 e. The van der Waals surface area contributed by atoms with Crippen LogP contribution in [-0.2, 0) is 32.7 Å². The third-order valence-corrected chi connectivity index (χ3v) is 4.93. The second kappa shape index (κ2) is 9.41. The number of carbonyl (C=O) groups is 3. The summed E-state index contributed by atoms with van der Waals surface area (Å²) in [5.41, 5.74) is 2.49. The molecule has 32 heavy (non-hydrogen) atoms. The van der Waals surface area contributed by atoms with Crippen LogP contribution in [0.15, 0.2) is 35.5 Å². The van der Waals surface area contributed by atoms with Crippen LogP contribution in [0.25, 0.3) is 11.0 Å². The lowest BCUT2D eigenvalue weighted by atomic mass is 10.1. The van der Waals surface area contributed by atoms with Crippen LogP contribution in [0.5, 0.6) is 0 Å². The number of para-hydroxylation sites is 1. The van der Waals surface area contributed by atoms with Gasteiger partial charge in [0.25, 0.3) is 11.5 Å². The molecule has 0 saturated heterocycles. The Labute approximate surface area is 183 Å². The molecule has 0 aliphatic heterocycles. The summed E-state index contributed by atoms with van der Waals surface area (Å²) in [4.78, 5) is 54.3. The number of hydrogen-bond acceptors (Lipinski definition) is 7. The Bertz CT molecular complexity index is 1220. The van der Waals surface area contributed by atoms with Gasteiger partial charge in [0.05, 0.1) is 12.7 Å². The van der Waals surface area contributed by atoms with Crippen LogP contribution in [0, 0.1) is 13.8 Å². The Balaban J connectivity index is 1.51. The molecule has 168 valence electrons. The quantitative estimate of drug-likeness (QED) is 0.526. The number of amides is 2. The first kappa shape index (κ1) is 22.7. The van der Waals surface area contributed by atoms with E-state index in [0.29, 0.717) is 11.3 Å². The van der Waals surface area contributed by atoms with E-state index < -0.39 is 30.6 Å². The molecule has 2 heterocycles. The van der Waals surface area contributed by atoms with E-state index in [4.69, 9.17) is 4.74 Å². The number of benzene rings is 1. The third kappa shape index (κ3) is 4.99. The molecule has 0 saturated carbocycles. The van der Waals surface area contributed by atoms with Crippen molar-refractivity contribution in [2.45, 2.75) is 20.4 Å². The first-order valence-electron chi connectivity index (χ1n) is 9.80. The number of nitrogens with one attached hydrogen (secondary N) is 1. The molecular formula is C21H24N6O5. The number of likely N-dealkylation sites (N-methyl/N-ethyl adjacent to an activating group) is 1. The van der Waals surface area contributed by atoms with Gasteiger partial charge in [-0.1, -0.05) is 18.2 Å². The zero-order valence-electron chi connectivity index (χ0n) is 18.3. The molecule has 1 N–H and O–H groups in total. The van der Waals surface area contributed by atoms with Crippen molar-refractivity contribution >= 4 is 34.5 Å².